The Morgan fingerprint density at radius 3 is 1.25 bits per heavy atom. The van der Waals surface area contributed by atoms with Crippen LogP contribution < -0.4 is 4.90 Å². The van der Waals surface area contributed by atoms with Crippen LogP contribution in [0.25, 0.3) is 82.8 Å². The van der Waals surface area contributed by atoms with Gasteiger partial charge in [0.25, 0.3) is 0 Å². The maximum Gasteiger partial charge on any atom is 0.143 e. The minimum atomic E-state index is 0.904. The first-order chi connectivity index (χ1) is 28.2. The zero-order chi connectivity index (χ0) is 37.7. The first-order valence-electron chi connectivity index (χ1n) is 19.6. The lowest BCUT2D eigenvalue weighted by molar-refractivity contribution is 0.669. The van der Waals surface area contributed by atoms with Crippen molar-refractivity contribution in [1.82, 2.24) is 0 Å². The SMILES string of the molecule is C1=CC(c2ccc(-c3ccc(N(c4ccc(-c5cccc6c5oc5ccccc56)cc4)c4ccc(-c5cccc6c5oc5ccccc56)cc4)cc3)cc2)=CCC1. The van der Waals surface area contributed by atoms with Gasteiger partial charge in [-0.05, 0) is 94.8 Å². The number of hydrogen-bond donors (Lipinski definition) is 0. The van der Waals surface area contributed by atoms with E-state index in [1.807, 2.05) is 24.3 Å². The van der Waals surface area contributed by atoms with Crippen LogP contribution in [0.3, 0.4) is 0 Å². The normalized spacial score (nSPS) is 12.8. The van der Waals surface area contributed by atoms with Gasteiger partial charge in [-0.15, -0.1) is 0 Å². The molecule has 0 amide bonds. The highest BCUT2D eigenvalue weighted by Gasteiger charge is 2.17. The number of allylic oxidation sites excluding steroid dienone is 4. The van der Waals surface area contributed by atoms with Crippen LogP contribution in [-0.2, 0) is 0 Å². The maximum absolute atomic E-state index is 6.41. The van der Waals surface area contributed by atoms with Gasteiger partial charge < -0.3 is 13.7 Å². The van der Waals surface area contributed by atoms with Crippen LogP contribution in [0.1, 0.15) is 18.4 Å². The highest BCUT2D eigenvalue weighted by Crippen LogP contribution is 2.41. The lowest BCUT2D eigenvalue weighted by atomic mass is 9.97. The van der Waals surface area contributed by atoms with E-state index in [1.54, 1.807) is 0 Å². The van der Waals surface area contributed by atoms with E-state index < -0.39 is 0 Å². The fourth-order valence-corrected chi connectivity index (χ4v) is 8.46. The average molecular weight is 732 g/mol. The van der Waals surface area contributed by atoms with Crippen LogP contribution in [0, 0.1) is 0 Å². The molecule has 0 bridgehead atoms. The third-order valence-corrected chi connectivity index (χ3v) is 11.4. The van der Waals surface area contributed by atoms with Crippen molar-refractivity contribution in [3.8, 4) is 33.4 Å². The van der Waals surface area contributed by atoms with Crippen molar-refractivity contribution < 1.29 is 8.83 Å². The molecule has 0 N–H and O–H groups in total. The summed E-state index contributed by atoms with van der Waals surface area (Å²) in [6.45, 7) is 0. The van der Waals surface area contributed by atoms with Crippen LogP contribution in [0.4, 0.5) is 17.1 Å². The standard InChI is InChI=1S/C54H37NO2/c1-2-10-36(11-3-1)37-20-22-38(23-21-37)39-24-30-42(31-25-39)55(43-32-26-40(27-33-43)45-14-8-16-49-47-12-4-6-18-51(47)56-53(45)49)44-34-28-41(29-35-44)46-15-9-17-50-48-13-5-7-19-52(48)57-54(46)50/h2,4-35H,1,3H2. The van der Waals surface area contributed by atoms with Gasteiger partial charge in [-0.3, -0.25) is 0 Å². The molecular weight excluding hydrogens is 695 g/mol. The molecule has 3 nitrogen and oxygen atoms in total. The molecule has 0 unspecified atom stereocenters. The van der Waals surface area contributed by atoms with Crippen molar-refractivity contribution in [3.05, 3.63) is 206 Å². The Morgan fingerprint density at radius 2 is 0.772 bits per heavy atom. The Labute approximate surface area is 331 Å². The Balaban J connectivity index is 0.969. The number of benzene rings is 8. The van der Waals surface area contributed by atoms with Gasteiger partial charge in [0.05, 0.1) is 0 Å². The minimum absolute atomic E-state index is 0.904. The molecule has 0 fully saturated rings. The van der Waals surface area contributed by atoms with Gasteiger partial charge in [0, 0.05) is 49.7 Å². The molecule has 11 rings (SSSR count). The molecule has 10 aromatic rings. The fourth-order valence-electron chi connectivity index (χ4n) is 8.46. The lowest BCUT2D eigenvalue weighted by Gasteiger charge is -2.26. The maximum atomic E-state index is 6.41. The summed E-state index contributed by atoms with van der Waals surface area (Å²) >= 11 is 0. The van der Waals surface area contributed by atoms with Crippen LogP contribution in [0.15, 0.2) is 209 Å². The Bertz CT molecular complexity index is 2980. The van der Waals surface area contributed by atoms with E-state index in [-0.39, 0.29) is 0 Å². The smallest absolute Gasteiger partial charge is 0.143 e. The van der Waals surface area contributed by atoms with Gasteiger partial charge in [-0.2, -0.15) is 0 Å². The van der Waals surface area contributed by atoms with Crippen molar-refractivity contribution in [2.24, 2.45) is 0 Å². The van der Waals surface area contributed by atoms with Crippen LogP contribution >= 0.6 is 0 Å². The molecule has 0 spiro atoms. The van der Waals surface area contributed by atoms with Crippen molar-refractivity contribution in [1.29, 1.82) is 0 Å². The van der Waals surface area contributed by atoms with E-state index in [2.05, 4.69) is 181 Å². The summed E-state index contributed by atoms with van der Waals surface area (Å²) in [5, 5.41) is 4.53. The van der Waals surface area contributed by atoms with Gasteiger partial charge in [0.1, 0.15) is 22.3 Å². The summed E-state index contributed by atoms with van der Waals surface area (Å²) in [7, 11) is 0. The quantitative estimate of drug-likeness (QED) is 0.163. The molecule has 0 radical (unpaired) electrons. The third kappa shape index (κ3) is 5.84. The predicted molar refractivity (Wildman–Crippen MR) is 238 cm³/mol. The number of hydrogen-bond acceptors (Lipinski definition) is 3. The summed E-state index contributed by atoms with van der Waals surface area (Å²) in [6.07, 6.45) is 9.05. The Morgan fingerprint density at radius 1 is 0.351 bits per heavy atom. The highest BCUT2D eigenvalue weighted by atomic mass is 16.3. The Hall–Kier alpha value is -7.36. The number of anilines is 3. The zero-order valence-electron chi connectivity index (χ0n) is 31.2. The van der Waals surface area contributed by atoms with Gasteiger partial charge in [0.15, 0.2) is 0 Å². The van der Waals surface area contributed by atoms with Crippen LogP contribution in [0.5, 0.6) is 0 Å². The first kappa shape index (κ1) is 33.0. The second-order valence-electron chi connectivity index (χ2n) is 14.8. The van der Waals surface area contributed by atoms with E-state index in [4.69, 9.17) is 8.83 Å². The molecular formula is C54H37NO2. The summed E-state index contributed by atoms with van der Waals surface area (Å²) < 4.78 is 12.8. The van der Waals surface area contributed by atoms with Crippen molar-refractivity contribution in [3.63, 3.8) is 0 Å². The summed E-state index contributed by atoms with van der Waals surface area (Å²) in [4.78, 5) is 2.33. The van der Waals surface area contributed by atoms with Gasteiger partial charge in [0.2, 0.25) is 0 Å². The highest BCUT2D eigenvalue weighted by molar-refractivity contribution is 6.10. The summed E-state index contributed by atoms with van der Waals surface area (Å²) in [6, 6.07) is 64.8. The van der Waals surface area contributed by atoms with E-state index in [1.165, 1.54) is 22.3 Å². The third-order valence-electron chi connectivity index (χ3n) is 11.4. The molecule has 2 aromatic heterocycles. The molecule has 3 heteroatoms. The molecule has 270 valence electrons. The zero-order valence-corrected chi connectivity index (χ0v) is 31.2. The number of rotatable bonds is 7. The molecule has 1 aliphatic carbocycles. The van der Waals surface area contributed by atoms with Crippen LogP contribution in [-0.4, -0.2) is 0 Å². The van der Waals surface area contributed by atoms with Gasteiger partial charge in [-0.1, -0.05) is 152 Å². The molecule has 2 heterocycles. The average Bonchev–Trinajstić information content (AvgIpc) is 3.87. The largest absolute Gasteiger partial charge is 0.455 e. The minimum Gasteiger partial charge on any atom is -0.455 e. The van der Waals surface area contributed by atoms with E-state index >= 15 is 0 Å². The number of nitrogens with zero attached hydrogens (tertiary/aromatic N) is 1. The van der Waals surface area contributed by atoms with E-state index in [0.717, 1.165) is 96.0 Å². The second-order valence-corrected chi connectivity index (χ2v) is 14.8. The van der Waals surface area contributed by atoms with Crippen LogP contribution in [0.2, 0.25) is 0 Å². The second kappa shape index (κ2) is 13.7. The predicted octanol–water partition coefficient (Wildman–Crippen LogP) is 15.7. The van der Waals surface area contributed by atoms with E-state index in [9.17, 15) is 0 Å². The monoisotopic (exact) mass is 731 g/mol. The van der Waals surface area contributed by atoms with E-state index in [0.29, 0.717) is 0 Å². The molecule has 1 aliphatic rings. The molecule has 57 heavy (non-hydrogen) atoms. The topological polar surface area (TPSA) is 29.5 Å². The summed E-state index contributed by atoms with van der Waals surface area (Å²) in [5.41, 5.74) is 16.2. The number of fused-ring (bicyclic) bond motifs is 6. The fraction of sp³-hybridized carbons (Fsp3) is 0.0370. The Kier molecular flexibility index (Phi) is 7.96. The van der Waals surface area contributed by atoms with Crippen molar-refractivity contribution in [2.45, 2.75) is 12.8 Å². The van der Waals surface area contributed by atoms with Gasteiger partial charge >= 0.3 is 0 Å². The molecule has 0 atom stereocenters. The van der Waals surface area contributed by atoms with Crippen molar-refractivity contribution in [2.75, 3.05) is 4.90 Å². The molecule has 8 aromatic carbocycles. The van der Waals surface area contributed by atoms with Crippen molar-refractivity contribution >= 4 is 66.5 Å². The van der Waals surface area contributed by atoms with Gasteiger partial charge in [-0.25, -0.2) is 0 Å². The number of furan rings is 2. The lowest BCUT2D eigenvalue weighted by Crippen LogP contribution is -2.09. The molecule has 0 saturated heterocycles. The molecule has 0 aliphatic heterocycles. The summed E-state index contributed by atoms with van der Waals surface area (Å²) in [5.74, 6) is 0. The molecule has 0 saturated carbocycles. The first-order valence-corrected chi connectivity index (χ1v) is 19.6. The number of para-hydroxylation sites is 4.